The van der Waals surface area contributed by atoms with E-state index in [1.165, 1.54) is 38.8 Å². The second kappa shape index (κ2) is 6.02. The number of hydrogen-bond acceptors (Lipinski definition) is 2. The van der Waals surface area contributed by atoms with E-state index in [0.717, 1.165) is 12.5 Å². The molecule has 16 heavy (non-hydrogen) atoms. The monoisotopic (exact) mass is 226 g/mol. The highest BCUT2D eigenvalue weighted by Crippen LogP contribution is 2.25. The molecule has 0 aliphatic heterocycles. The first-order valence-electron chi connectivity index (χ1n) is 6.94. The average Bonchev–Trinajstić information content (AvgIpc) is 2.70. The molecule has 1 fully saturated rings. The molecule has 0 radical (unpaired) electrons. The molecule has 0 aromatic carbocycles. The molecule has 1 atom stereocenters. The minimum Gasteiger partial charge on any atom is -0.327 e. The van der Waals surface area contributed by atoms with E-state index in [1.54, 1.807) is 0 Å². The lowest BCUT2D eigenvalue weighted by molar-refractivity contribution is 0.184. The molecular formula is C14H30N2. The van der Waals surface area contributed by atoms with Crippen LogP contribution >= 0.6 is 0 Å². The van der Waals surface area contributed by atoms with Crippen LogP contribution in [0.5, 0.6) is 0 Å². The summed E-state index contributed by atoms with van der Waals surface area (Å²) in [4.78, 5) is 2.64. The van der Waals surface area contributed by atoms with Crippen molar-refractivity contribution in [2.24, 2.45) is 11.1 Å². The molecule has 0 aromatic heterocycles. The molecule has 0 spiro atoms. The fourth-order valence-corrected chi connectivity index (χ4v) is 2.61. The Morgan fingerprint density at radius 2 is 1.81 bits per heavy atom. The van der Waals surface area contributed by atoms with Gasteiger partial charge in [0, 0.05) is 12.1 Å². The summed E-state index contributed by atoms with van der Waals surface area (Å²) in [7, 11) is 0. The molecule has 0 heterocycles. The highest BCUT2D eigenvalue weighted by molar-refractivity contribution is 4.81. The summed E-state index contributed by atoms with van der Waals surface area (Å²) in [5.41, 5.74) is 6.47. The zero-order valence-corrected chi connectivity index (χ0v) is 11.6. The largest absolute Gasteiger partial charge is 0.327 e. The van der Waals surface area contributed by atoms with E-state index >= 15 is 0 Å². The van der Waals surface area contributed by atoms with Gasteiger partial charge >= 0.3 is 0 Å². The molecule has 2 heteroatoms. The maximum absolute atomic E-state index is 6.23. The van der Waals surface area contributed by atoms with Gasteiger partial charge in [-0.2, -0.15) is 0 Å². The summed E-state index contributed by atoms with van der Waals surface area (Å²) in [6, 6.07) is 1.17. The van der Waals surface area contributed by atoms with Crippen molar-refractivity contribution in [3.63, 3.8) is 0 Å². The summed E-state index contributed by atoms with van der Waals surface area (Å²) >= 11 is 0. The maximum atomic E-state index is 6.23. The van der Waals surface area contributed by atoms with Gasteiger partial charge in [-0.05, 0) is 37.8 Å². The Bertz CT molecular complexity index is 189. The van der Waals surface area contributed by atoms with Crippen molar-refractivity contribution in [2.45, 2.75) is 71.9 Å². The van der Waals surface area contributed by atoms with Gasteiger partial charge in [0.05, 0.1) is 0 Å². The van der Waals surface area contributed by atoms with Gasteiger partial charge in [0.15, 0.2) is 0 Å². The van der Waals surface area contributed by atoms with Crippen LogP contribution in [0.4, 0.5) is 0 Å². The van der Waals surface area contributed by atoms with Gasteiger partial charge in [-0.15, -0.1) is 0 Å². The van der Waals surface area contributed by atoms with E-state index in [2.05, 4.69) is 32.6 Å². The molecule has 1 unspecified atom stereocenters. The van der Waals surface area contributed by atoms with Crippen LogP contribution in [0.3, 0.4) is 0 Å². The maximum Gasteiger partial charge on any atom is 0.00998 e. The molecule has 1 rings (SSSR count). The standard InChI is InChI=1S/C14H30N2/c1-5-16(12-8-6-7-9-12)11-10-13(15)14(2,3)4/h12-13H,5-11,15H2,1-4H3. The number of nitrogens with two attached hydrogens (primary N) is 1. The van der Waals surface area contributed by atoms with Crippen molar-refractivity contribution in [1.29, 1.82) is 0 Å². The number of nitrogens with zero attached hydrogens (tertiary/aromatic N) is 1. The van der Waals surface area contributed by atoms with Gasteiger partial charge in [0.1, 0.15) is 0 Å². The van der Waals surface area contributed by atoms with Crippen LogP contribution in [0, 0.1) is 5.41 Å². The fourth-order valence-electron chi connectivity index (χ4n) is 2.61. The van der Waals surface area contributed by atoms with E-state index < -0.39 is 0 Å². The normalized spacial score (nSPS) is 20.6. The number of rotatable bonds is 5. The van der Waals surface area contributed by atoms with Crippen molar-refractivity contribution < 1.29 is 0 Å². The average molecular weight is 226 g/mol. The second-order valence-corrected chi connectivity index (χ2v) is 6.33. The van der Waals surface area contributed by atoms with Crippen molar-refractivity contribution in [3.8, 4) is 0 Å². The van der Waals surface area contributed by atoms with E-state index in [0.29, 0.717) is 6.04 Å². The van der Waals surface area contributed by atoms with Crippen LogP contribution in [-0.4, -0.2) is 30.1 Å². The van der Waals surface area contributed by atoms with Crippen LogP contribution in [-0.2, 0) is 0 Å². The van der Waals surface area contributed by atoms with Gasteiger partial charge in [-0.25, -0.2) is 0 Å². The SMILES string of the molecule is CCN(CCC(N)C(C)(C)C)C1CCCC1. The summed E-state index contributed by atoms with van der Waals surface area (Å²) in [6.07, 6.45) is 6.78. The van der Waals surface area contributed by atoms with Gasteiger partial charge in [0.2, 0.25) is 0 Å². The number of hydrogen-bond donors (Lipinski definition) is 1. The molecular weight excluding hydrogens is 196 g/mol. The third-order valence-corrected chi connectivity index (χ3v) is 4.09. The zero-order valence-electron chi connectivity index (χ0n) is 11.6. The molecule has 96 valence electrons. The van der Waals surface area contributed by atoms with Gasteiger partial charge in [0.25, 0.3) is 0 Å². The van der Waals surface area contributed by atoms with Crippen molar-refractivity contribution in [2.75, 3.05) is 13.1 Å². The highest BCUT2D eigenvalue weighted by Gasteiger charge is 2.24. The quantitative estimate of drug-likeness (QED) is 0.781. The minimum atomic E-state index is 0.245. The lowest BCUT2D eigenvalue weighted by Gasteiger charge is -2.32. The summed E-state index contributed by atoms with van der Waals surface area (Å²) in [5.74, 6) is 0. The molecule has 1 aliphatic carbocycles. The van der Waals surface area contributed by atoms with E-state index in [1.807, 2.05) is 0 Å². The first-order valence-corrected chi connectivity index (χ1v) is 6.94. The first-order chi connectivity index (χ1) is 7.45. The predicted molar refractivity (Wildman–Crippen MR) is 71.6 cm³/mol. The Morgan fingerprint density at radius 3 is 2.25 bits per heavy atom. The Kier molecular flexibility index (Phi) is 5.26. The van der Waals surface area contributed by atoms with Crippen LogP contribution in [0.15, 0.2) is 0 Å². The van der Waals surface area contributed by atoms with Gasteiger partial charge < -0.3 is 10.6 Å². The first kappa shape index (κ1) is 14.0. The zero-order chi connectivity index (χ0) is 12.2. The van der Waals surface area contributed by atoms with Crippen molar-refractivity contribution in [1.82, 2.24) is 4.90 Å². The fraction of sp³-hybridized carbons (Fsp3) is 1.00. The van der Waals surface area contributed by atoms with Gasteiger partial charge in [-0.1, -0.05) is 40.5 Å². The summed E-state index contributed by atoms with van der Waals surface area (Å²) in [6.45, 7) is 11.4. The highest BCUT2D eigenvalue weighted by atomic mass is 15.1. The van der Waals surface area contributed by atoms with Crippen molar-refractivity contribution in [3.05, 3.63) is 0 Å². The van der Waals surface area contributed by atoms with Crippen LogP contribution < -0.4 is 5.73 Å². The Hall–Kier alpha value is -0.0800. The third kappa shape index (κ3) is 4.06. The molecule has 0 saturated heterocycles. The lowest BCUT2D eigenvalue weighted by atomic mass is 9.85. The Labute approximate surface area is 102 Å². The third-order valence-electron chi connectivity index (χ3n) is 4.09. The predicted octanol–water partition coefficient (Wildman–Crippen LogP) is 3.01. The van der Waals surface area contributed by atoms with Gasteiger partial charge in [-0.3, -0.25) is 0 Å². The van der Waals surface area contributed by atoms with Crippen LogP contribution in [0.1, 0.15) is 59.8 Å². The minimum absolute atomic E-state index is 0.245. The molecule has 2 nitrogen and oxygen atoms in total. The lowest BCUT2D eigenvalue weighted by Crippen LogP contribution is -2.41. The summed E-state index contributed by atoms with van der Waals surface area (Å²) < 4.78 is 0. The molecule has 0 bridgehead atoms. The Morgan fingerprint density at radius 1 is 1.25 bits per heavy atom. The topological polar surface area (TPSA) is 29.3 Å². The van der Waals surface area contributed by atoms with E-state index in [9.17, 15) is 0 Å². The van der Waals surface area contributed by atoms with Crippen molar-refractivity contribution >= 4 is 0 Å². The van der Waals surface area contributed by atoms with E-state index in [-0.39, 0.29) is 5.41 Å². The molecule has 1 saturated carbocycles. The van der Waals surface area contributed by atoms with Crippen LogP contribution in [0.2, 0.25) is 0 Å². The van der Waals surface area contributed by atoms with E-state index in [4.69, 9.17) is 5.73 Å². The summed E-state index contributed by atoms with van der Waals surface area (Å²) in [5, 5.41) is 0. The molecule has 2 N–H and O–H groups in total. The molecule has 1 aliphatic rings. The second-order valence-electron chi connectivity index (χ2n) is 6.33. The smallest absolute Gasteiger partial charge is 0.00998 e. The molecule has 0 aromatic rings. The Balaban J connectivity index is 2.33. The molecule has 0 amide bonds. The van der Waals surface area contributed by atoms with Crippen LogP contribution in [0.25, 0.3) is 0 Å².